The molecule has 108 valence electrons. The summed E-state index contributed by atoms with van der Waals surface area (Å²) in [6.45, 7) is 1.37. The topological polar surface area (TPSA) is 0 Å². The zero-order chi connectivity index (χ0) is 14.5. The average molecular weight is 471 g/mol. The van der Waals surface area contributed by atoms with Crippen molar-refractivity contribution in [2.24, 2.45) is 17.8 Å². The van der Waals surface area contributed by atoms with Gasteiger partial charge in [-0.1, -0.05) is 54.7 Å². The molecule has 1 fully saturated rings. The van der Waals surface area contributed by atoms with E-state index in [0.717, 1.165) is 0 Å². The van der Waals surface area contributed by atoms with Crippen LogP contribution >= 0.6 is 47.8 Å². The van der Waals surface area contributed by atoms with Crippen molar-refractivity contribution in [3.8, 4) is 0 Å². The average Bonchev–Trinajstić information content (AvgIpc) is 2.09. The van der Waals surface area contributed by atoms with E-state index in [1.807, 2.05) is 0 Å². The van der Waals surface area contributed by atoms with Crippen LogP contribution in [0.5, 0.6) is 0 Å². The van der Waals surface area contributed by atoms with E-state index in [-0.39, 0.29) is 0 Å². The maximum atomic E-state index is 12.9. The molecule has 0 amide bonds. The van der Waals surface area contributed by atoms with Gasteiger partial charge in [0, 0.05) is 14.5 Å². The van der Waals surface area contributed by atoms with Gasteiger partial charge in [0.1, 0.15) is 0 Å². The molecule has 0 nitrogen and oxygen atoms in total. The highest BCUT2D eigenvalue weighted by Gasteiger charge is 2.63. The standard InChI is InChI=1S/C9H9Br3F6/c1-2-5(10)3(8(13,14)15)7(12)4(6(2)11)9(16,17)18/h2-7H,1H3. The zero-order valence-electron chi connectivity index (χ0n) is 8.87. The SMILES string of the molecule is CC1C(Br)C(C(F)(F)F)C(Br)C(C(F)(F)F)C1Br. The number of hydrogen-bond donors (Lipinski definition) is 0. The molecule has 1 aliphatic carbocycles. The fourth-order valence-electron chi connectivity index (χ4n) is 2.13. The van der Waals surface area contributed by atoms with Gasteiger partial charge in [0.25, 0.3) is 0 Å². The third kappa shape index (κ3) is 3.19. The van der Waals surface area contributed by atoms with Crippen LogP contribution in [0.25, 0.3) is 0 Å². The summed E-state index contributed by atoms with van der Waals surface area (Å²) in [4.78, 5) is -3.84. The molecule has 18 heavy (non-hydrogen) atoms. The van der Waals surface area contributed by atoms with E-state index in [0.29, 0.717) is 0 Å². The predicted octanol–water partition coefficient (Wildman–Crippen LogP) is 5.28. The Labute approximate surface area is 125 Å². The largest absolute Gasteiger partial charge is 0.393 e. The van der Waals surface area contributed by atoms with Crippen molar-refractivity contribution < 1.29 is 26.3 Å². The molecule has 1 saturated carbocycles. The molecule has 0 bridgehead atoms. The Morgan fingerprint density at radius 2 is 0.944 bits per heavy atom. The molecule has 9 heteroatoms. The van der Waals surface area contributed by atoms with Crippen LogP contribution in [0.15, 0.2) is 0 Å². The minimum Gasteiger partial charge on any atom is -0.171 e. The Balaban J connectivity index is 3.17. The van der Waals surface area contributed by atoms with E-state index in [9.17, 15) is 26.3 Å². The Morgan fingerprint density at radius 3 is 1.17 bits per heavy atom. The summed E-state index contributed by atoms with van der Waals surface area (Å²) in [5.41, 5.74) is 0. The van der Waals surface area contributed by atoms with Crippen molar-refractivity contribution >= 4 is 47.8 Å². The van der Waals surface area contributed by atoms with Crippen molar-refractivity contribution in [3.63, 3.8) is 0 Å². The molecule has 0 aliphatic heterocycles. The highest BCUT2D eigenvalue weighted by Crippen LogP contribution is 2.54. The molecule has 0 spiro atoms. The zero-order valence-corrected chi connectivity index (χ0v) is 13.6. The first-order valence-electron chi connectivity index (χ1n) is 4.94. The number of halogens is 9. The Hall–Kier alpha value is 1.02. The molecule has 0 aromatic heterocycles. The second-order valence-corrected chi connectivity index (χ2v) is 7.50. The summed E-state index contributed by atoms with van der Waals surface area (Å²) >= 11 is 8.37. The molecule has 0 radical (unpaired) electrons. The van der Waals surface area contributed by atoms with Crippen LogP contribution in [0.2, 0.25) is 0 Å². The molecule has 4 unspecified atom stereocenters. The molecule has 1 rings (SSSR count). The van der Waals surface area contributed by atoms with E-state index in [1.54, 1.807) is 0 Å². The van der Waals surface area contributed by atoms with Crippen LogP contribution in [0.3, 0.4) is 0 Å². The van der Waals surface area contributed by atoms with Crippen LogP contribution in [0.1, 0.15) is 6.92 Å². The quantitative estimate of drug-likeness (QED) is 0.334. The van der Waals surface area contributed by atoms with Gasteiger partial charge in [0.2, 0.25) is 0 Å². The summed E-state index contributed by atoms with van der Waals surface area (Å²) < 4.78 is 77.2. The lowest BCUT2D eigenvalue weighted by Gasteiger charge is -2.46. The van der Waals surface area contributed by atoms with Gasteiger partial charge >= 0.3 is 12.4 Å². The normalized spacial score (nSPS) is 43.0. The highest BCUT2D eigenvalue weighted by atomic mass is 79.9. The Kier molecular flexibility index (Phi) is 5.15. The minimum absolute atomic E-state index is 0.794. The molecule has 0 N–H and O–H groups in total. The lowest BCUT2D eigenvalue weighted by Crippen LogP contribution is -2.57. The molecule has 0 aromatic rings. The van der Waals surface area contributed by atoms with Crippen LogP contribution in [-0.2, 0) is 0 Å². The molecule has 0 heterocycles. The van der Waals surface area contributed by atoms with Gasteiger partial charge in [0.05, 0.1) is 11.8 Å². The Morgan fingerprint density at radius 1 is 0.667 bits per heavy atom. The number of alkyl halides is 9. The first kappa shape index (κ1) is 17.1. The second kappa shape index (κ2) is 5.42. The first-order chi connectivity index (χ1) is 7.89. The number of hydrogen-bond acceptors (Lipinski definition) is 0. The van der Waals surface area contributed by atoms with E-state index in [4.69, 9.17) is 0 Å². The molecule has 0 saturated heterocycles. The fourth-order valence-corrected chi connectivity index (χ4v) is 6.53. The van der Waals surface area contributed by atoms with Crippen LogP contribution in [-0.4, -0.2) is 26.8 Å². The van der Waals surface area contributed by atoms with Crippen LogP contribution < -0.4 is 0 Å². The van der Waals surface area contributed by atoms with Crippen molar-refractivity contribution in [1.82, 2.24) is 0 Å². The summed E-state index contributed by atoms with van der Waals surface area (Å²) in [6.07, 6.45) is -9.37. The summed E-state index contributed by atoms with van der Waals surface area (Å²) in [5, 5.41) is 0. The van der Waals surface area contributed by atoms with Gasteiger partial charge in [-0.05, 0) is 5.92 Å². The monoisotopic (exact) mass is 468 g/mol. The van der Waals surface area contributed by atoms with Crippen LogP contribution in [0.4, 0.5) is 26.3 Å². The van der Waals surface area contributed by atoms with Crippen molar-refractivity contribution in [1.29, 1.82) is 0 Å². The Bertz CT molecular complexity index is 274. The highest BCUT2D eigenvalue weighted by molar-refractivity contribution is 9.10. The van der Waals surface area contributed by atoms with Gasteiger partial charge in [0.15, 0.2) is 0 Å². The molecule has 0 aromatic carbocycles. The van der Waals surface area contributed by atoms with Gasteiger partial charge in [-0.25, -0.2) is 0 Å². The van der Waals surface area contributed by atoms with Crippen molar-refractivity contribution in [3.05, 3.63) is 0 Å². The number of rotatable bonds is 0. The lowest BCUT2D eigenvalue weighted by molar-refractivity contribution is -0.218. The van der Waals surface area contributed by atoms with Crippen LogP contribution in [0, 0.1) is 17.8 Å². The fraction of sp³-hybridized carbons (Fsp3) is 1.00. The predicted molar refractivity (Wildman–Crippen MR) is 66.4 cm³/mol. The third-order valence-corrected chi connectivity index (χ3v) is 7.08. The van der Waals surface area contributed by atoms with Crippen molar-refractivity contribution in [2.75, 3.05) is 0 Å². The smallest absolute Gasteiger partial charge is 0.171 e. The van der Waals surface area contributed by atoms with E-state index < -0.39 is 44.6 Å². The van der Waals surface area contributed by atoms with Gasteiger partial charge < -0.3 is 0 Å². The summed E-state index contributed by atoms with van der Waals surface area (Å²) in [5.74, 6) is -4.95. The maximum Gasteiger partial charge on any atom is 0.393 e. The summed E-state index contributed by atoms with van der Waals surface area (Å²) in [6, 6.07) is 0. The molecular formula is C9H9Br3F6. The van der Waals surface area contributed by atoms with E-state index in [1.165, 1.54) is 6.92 Å². The molecule has 4 atom stereocenters. The third-order valence-electron chi connectivity index (χ3n) is 3.13. The molecule has 1 aliphatic rings. The van der Waals surface area contributed by atoms with Gasteiger partial charge in [-0.15, -0.1) is 0 Å². The second-order valence-electron chi connectivity index (χ2n) is 4.33. The summed E-state index contributed by atoms with van der Waals surface area (Å²) in [7, 11) is 0. The minimum atomic E-state index is -4.69. The van der Waals surface area contributed by atoms with Crippen molar-refractivity contribution in [2.45, 2.75) is 33.8 Å². The molecular weight excluding hydrogens is 462 g/mol. The lowest BCUT2D eigenvalue weighted by atomic mass is 9.75. The van der Waals surface area contributed by atoms with E-state index >= 15 is 0 Å². The van der Waals surface area contributed by atoms with E-state index in [2.05, 4.69) is 47.8 Å². The first-order valence-corrected chi connectivity index (χ1v) is 7.69. The van der Waals surface area contributed by atoms with Gasteiger partial charge in [-0.3, -0.25) is 0 Å². The van der Waals surface area contributed by atoms with Gasteiger partial charge in [-0.2, -0.15) is 26.3 Å². The maximum absolute atomic E-state index is 12.9.